The van der Waals surface area contributed by atoms with Crippen molar-refractivity contribution in [1.29, 1.82) is 0 Å². The molecule has 0 radical (unpaired) electrons. The molecule has 1 aliphatic rings. The number of rotatable bonds is 2. The first-order chi connectivity index (χ1) is 13.8. The Morgan fingerprint density at radius 2 is 1.64 bits per heavy atom. The number of aromatic amines is 2. The standard InChI is InChI=1S/C22H15N5O/c28-21-11-19-22(27(21)16-2-4-18-15(10-16)6-8-24-18)26-20(12-25-19)13-1-3-17-14(9-13)5-7-23-17/h1-10,12,23-24H,11H2. The van der Waals surface area contributed by atoms with Gasteiger partial charge in [0.15, 0.2) is 5.82 Å². The smallest absolute Gasteiger partial charge is 0.238 e. The molecule has 0 saturated carbocycles. The van der Waals surface area contributed by atoms with Gasteiger partial charge in [-0.1, -0.05) is 6.07 Å². The van der Waals surface area contributed by atoms with Gasteiger partial charge in [-0.2, -0.15) is 0 Å². The molecule has 0 spiro atoms. The third-order valence-corrected chi connectivity index (χ3v) is 5.25. The predicted octanol–water partition coefficient (Wildman–Crippen LogP) is 4.33. The van der Waals surface area contributed by atoms with E-state index in [2.05, 4.69) is 21.0 Å². The van der Waals surface area contributed by atoms with Gasteiger partial charge in [-0.05, 0) is 42.5 Å². The molecule has 2 aromatic carbocycles. The Morgan fingerprint density at radius 3 is 2.46 bits per heavy atom. The average Bonchev–Trinajstić information content (AvgIpc) is 3.43. The molecule has 6 nitrogen and oxygen atoms in total. The minimum absolute atomic E-state index is 0.0110. The lowest BCUT2D eigenvalue weighted by Gasteiger charge is -2.17. The molecular weight excluding hydrogens is 350 g/mol. The molecule has 0 unspecified atom stereocenters. The molecule has 0 saturated heterocycles. The summed E-state index contributed by atoms with van der Waals surface area (Å²) < 4.78 is 0. The maximum absolute atomic E-state index is 12.7. The summed E-state index contributed by atoms with van der Waals surface area (Å²) in [7, 11) is 0. The molecule has 6 rings (SSSR count). The lowest BCUT2D eigenvalue weighted by molar-refractivity contribution is -0.116. The van der Waals surface area contributed by atoms with Crippen LogP contribution in [0.4, 0.5) is 11.5 Å². The highest BCUT2D eigenvalue weighted by Gasteiger charge is 2.32. The van der Waals surface area contributed by atoms with Crippen molar-refractivity contribution in [3.63, 3.8) is 0 Å². The van der Waals surface area contributed by atoms with Gasteiger partial charge in [0.2, 0.25) is 5.91 Å². The van der Waals surface area contributed by atoms with Crippen LogP contribution in [0.25, 0.3) is 33.1 Å². The van der Waals surface area contributed by atoms with E-state index in [1.165, 1.54) is 0 Å². The Morgan fingerprint density at radius 1 is 0.893 bits per heavy atom. The summed E-state index contributed by atoms with van der Waals surface area (Å²) in [5.74, 6) is 0.606. The number of hydrogen-bond acceptors (Lipinski definition) is 3. The molecule has 5 aromatic rings. The van der Waals surface area contributed by atoms with Crippen molar-refractivity contribution in [3.05, 3.63) is 72.8 Å². The highest BCUT2D eigenvalue weighted by atomic mass is 16.2. The molecule has 1 amide bonds. The van der Waals surface area contributed by atoms with Crippen molar-refractivity contribution in [2.24, 2.45) is 0 Å². The molecule has 134 valence electrons. The fourth-order valence-corrected chi connectivity index (χ4v) is 3.85. The largest absolute Gasteiger partial charge is 0.361 e. The third-order valence-electron chi connectivity index (χ3n) is 5.25. The van der Waals surface area contributed by atoms with Gasteiger partial charge in [0.1, 0.15) is 0 Å². The van der Waals surface area contributed by atoms with Crippen molar-refractivity contribution >= 4 is 39.2 Å². The van der Waals surface area contributed by atoms with Crippen molar-refractivity contribution in [2.75, 3.05) is 4.90 Å². The van der Waals surface area contributed by atoms with E-state index in [1.54, 1.807) is 11.1 Å². The van der Waals surface area contributed by atoms with Crippen molar-refractivity contribution in [1.82, 2.24) is 19.9 Å². The molecule has 1 aliphatic heterocycles. The van der Waals surface area contributed by atoms with Crippen LogP contribution in [0.5, 0.6) is 0 Å². The van der Waals surface area contributed by atoms with Gasteiger partial charge in [0.25, 0.3) is 0 Å². The third kappa shape index (κ3) is 2.18. The first-order valence-corrected chi connectivity index (χ1v) is 9.10. The topological polar surface area (TPSA) is 77.7 Å². The van der Waals surface area contributed by atoms with Crippen LogP contribution in [-0.2, 0) is 11.2 Å². The molecule has 3 aromatic heterocycles. The summed E-state index contributed by atoms with van der Waals surface area (Å²) >= 11 is 0. The number of anilines is 2. The fourth-order valence-electron chi connectivity index (χ4n) is 3.85. The second kappa shape index (κ2) is 5.53. The summed E-state index contributed by atoms with van der Waals surface area (Å²) in [6.45, 7) is 0. The first-order valence-electron chi connectivity index (χ1n) is 9.10. The number of carbonyl (C=O) groups is 1. The van der Waals surface area contributed by atoms with Crippen molar-refractivity contribution < 1.29 is 4.79 Å². The van der Waals surface area contributed by atoms with E-state index in [9.17, 15) is 4.79 Å². The second-order valence-corrected chi connectivity index (χ2v) is 6.96. The van der Waals surface area contributed by atoms with Crippen LogP contribution in [-0.4, -0.2) is 25.8 Å². The predicted molar refractivity (Wildman–Crippen MR) is 108 cm³/mol. The molecule has 2 N–H and O–H groups in total. The van der Waals surface area contributed by atoms with E-state index >= 15 is 0 Å². The molecule has 4 heterocycles. The Labute approximate surface area is 159 Å². The van der Waals surface area contributed by atoms with Gasteiger partial charge >= 0.3 is 0 Å². The van der Waals surface area contributed by atoms with Gasteiger partial charge < -0.3 is 9.97 Å². The van der Waals surface area contributed by atoms with Crippen LogP contribution in [0.1, 0.15) is 5.69 Å². The zero-order chi connectivity index (χ0) is 18.7. The van der Waals surface area contributed by atoms with Crippen LogP contribution in [0.15, 0.2) is 67.1 Å². The van der Waals surface area contributed by atoms with Crippen LogP contribution in [0.2, 0.25) is 0 Å². The number of amides is 1. The maximum atomic E-state index is 12.7. The molecule has 0 fully saturated rings. The number of H-pyrrole nitrogens is 2. The van der Waals surface area contributed by atoms with Crippen LogP contribution in [0.3, 0.4) is 0 Å². The Hall–Kier alpha value is -3.93. The highest BCUT2D eigenvalue weighted by Crippen LogP contribution is 2.35. The van der Waals surface area contributed by atoms with Crippen LogP contribution < -0.4 is 4.90 Å². The van der Waals surface area contributed by atoms with E-state index in [4.69, 9.17) is 4.98 Å². The molecule has 6 heteroatoms. The number of carbonyl (C=O) groups excluding carboxylic acids is 1. The van der Waals surface area contributed by atoms with E-state index in [0.29, 0.717) is 11.5 Å². The molecule has 0 atom stereocenters. The zero-order valence-corrected chi connectivity index (χ0v) is 14.8. The molecular formula is C22H15N5O. The van der Waals surface area contributed by atoms with Crippen LogP contribution >= 0.6 is 0 Å². The van der Waals surface area contributed by atoms with Crippen molar-refractivity contribution in [3.8, 4) is 11.3 Å². The number of nitrogens with one attached hydrogen (secondary N) is 2. The second-order valence-electron chi connectivity index (χ2n) is 6.96. The average molecular weight is 365 g/mol. The summed E-state index contributed by atoms with van der Waals surface area (Å²) in [4.78, 5) is 30.1. The quantitative estimate of drug-likeness (QED) is 0.489. The Kier molecular flexibility index (Phi) is 3.00. The van der Waals surface area contributed by atoms with Gasteiger partial charge in [-0.15, -0.1) is 0 Å². The van der Waals surface area contributed by atoms with Crippen LogP contribution in [0, 0.1) is 0 Å². The normalized spacial score (nSPS) is 13.6. The number of aromatic nitrogens is 4. The van der Waals surface area contributed by atoms with Crippen molar-refractivity contribution in [2.45, 2.75) is 6.42 Å². The van der Waals surface area contributed by atoms with E-state index in [-0.39, 0.29) is 12.3 Å². The number of benzene rings is 2. The number of nitrogens with zero attached hydrogens (tertiary/aromatic N) is 3. The highest BCUT2D eigenvalue weighted by molar-refractivity contribution is 6.07. The van der Waals surface area contributed by atoms with E-state index in [1.807, 2.05) is 54.9 Å². The summed E-state index contributed by atoms with van der Waals surface area (Å²) in [5.41, 5.74) is 5.37. The molecule has 0 aliphatic carbocycles. The minimum Gasteiger partial charge on any atom is -0.361 e. The number of hydrogen-bond donors (Lipinski definition) is 2. The first kappa shape index (κ1) is 15.2. The van der Waals surface area contributed by atoms with E-state index in [0.717, 1.165) is 38.8 Å². The molecule has 28 heavy (non-hydrogen) atoms. The fraction of sp³-hybridized carbons (Fsp3) is 0.0455. The van der Waals surface area contributed by atoms with Gasteiger partial charge in [0, 0.05) is 39.8 Å². The SMILES string of the molecule is O=C1Cc2ncc(-c3ccc4[nH]ccc4c3)nc2N1c1ccc2[nH]ccc2c1. The molecule has 0 bridgehead atoms. The monoisotopic (exact) mass is 365 g/mol. The Bertz CT molecular complexity index is 1380. The van der Waals surface area contributed by atoms with E-state index < -0.39 is 0 Å². The zero-order valence-electron chi connectivity index (χ0n) is 14.8. The van der Waals surface area contributed by atoms with Gasteiger partial charge in [0.05, 0.1) is 29.7 Å². The Balaban J connectivity index is 1.48. The maximum Gasteiger partial charge on any atom is 0.238 e. The summed E-state index contributed by atoms with van der Waals surface area (Å²) in [6.07, 6.45) is 5.83. The lowest BCUT2D eigenvalue weighted by atomic mass is 10.1. The number of fused-ring (bicyclic) bond motifs is 3. The lowest BCUT2D eigenvalue weighted by Crippen LogP contribution is -2.21. The summed E-state index contributed by atoms with van der Waals surface area (Å²) in [5, 5.41) is 2.17. The van der Waals surface area contributed by atoms with Gasteiger partial charge in [-0.3, -0.25) is 14.7 Å². The summed E-state index contributed by atoms with van der Waals surface area (Å²) in [6, 6.07) is 16.1. The van der Waals surface area contributed by atoms with Gasteiger partial charge in [-0.25, -0.2) is 4.98 Å². The minimum atomic E-state index is -0.0110.